The van der Waals surface area contributed by atoms with E-state index in [1.807, 2.05) is 73.7 Å². The van der Waals surface area contributed by atoms with Crippen LogP contribution in [0.5, 0.6) is 0 Å². The van der Waals surface area contributed by atoms with Gasteiger partial charge in [-0.15, -0.1) is 0 Å². The molecule has 6 N–H and O–H groups in total. The van der Waals surface area contributed by atoms with E-state index in [-0.39, 0.29) is 23.4 Å². The fourth-order valence-corrected chi connectivity index (χ4v) is 4.41. The molecule has 0 spiro atoms. The second-order valence-corrected chi connectivity index (χ2v) is 11.0. The monoisotopic (exact) mass is 552 g/mol. The Bertz CT molecular complexity index is 1590. The molecule has 41 heavy (non-hydrogen) atoms. The maximum Gasteiger partial charge on any atom is 0.266 e. The number of carbonyl (C=O) groups excluding carboxylic acids is 2. The van der Waals surface area contributed by atoms with Crippen molar-refractivity contribution in [3.05, 3.63) is 111 Å². The lowest BCUT2D eigenvalue weighted by atomic mass is 9.86. The zero-order valence-corrected chi connectivity index (χ0v) is 23.8. The molecule has 0 bridgehead atoms. The first-order valence-electron chi connectivity index (χ1n) is 13.4. The standard InChI is InChI=1S/C32H36N6O3/c1-20-25(6-5-7-26(20)38-31(41)22-10-12-23(13-11-22)32(2,3)4)30-27(37-29(40)19-36-30)17-35-24-14-8-21(9-15-24)16-34-18-28(33)39/h5-15,19,34-35H,16-18H2,1-4H3,(H2,33,39)(H,37,40)(H,38,41). The summed E-state index contributed by atoms with van der Waals surface area (Å²) in [5, 5.41) is 9.33. The first-order valence-corrected chi connectivity index (χ1v) is 13.4. The van der Waals surface area contributed by atoms with Crippen LogP contribution < -0.4 is 27.2 Å². The van der Waals surface area contributed by atoms with E-state index in [0.29, 0.717) is 35.7 Å². The highest BCUT2D eigenvalue weighted by Crippen LogP contribution is 2.29. The topological polar surface area (TPSA) is 142 Å². The molecule has 4 aromatic rings. The van der Waals surface area contributed by atoms with E-state index in [4.69, 9.17) is 5.73 Å². The van der Waals surface area contributed by atoms with Crippen molar-refractivity contribution in [1.82, 2.24) is 15.3 Å². The lowest BCUT2D eigenvalue weighted by molar-refractivity contribution is -0.117. The largest absolute Gasteiger partial charge is 0.379 e. The van der Waals surface area contributed by atoms with E-state index in [1.165, 1.54) is 6.20 Å². The molecule has 0 fully saturated rings. The number of nitrogens with one attached hydrogen (secondary N) is 4. The van der Waals surface area contributed by atoms with E-state index < -0.39 is 5.91 Å². The molecule has 3 aromatic carbocycles. The number of nitrogens with zero attached hydrogens (tertiary/aromatic N) is 1. The molecule has 0 aliphatic heterocycles. The summed E-state index contributed by atoms with van der Waals surface area (Å²) in [5.74, 6) is -0.603. The average Bonchev–Trinajstić information content (AvgIpc) is 2.93. The number of hydrogen-bond acceptors (Lipinski definition) is 6. The highest BCUT2D eigenvalue weighted by Gasteiger charge is 2.17. The van der Waals surface area contributed by atoms with Gasteiger partial charge >= 0.3 is 0 Å². The Morgan fingerprint density at radius 1 is 0.951 bits per heavy atom. The quantitative estimate of drug-likeness (QED) is 0.196. The van der Waals surface area contributed by atoms with Gasteiger partial charge in [-0.1, -0.05) is 57.2 Å². The lowest BCUT2D eigenvalue weighted by Gasteiger charge is -2.19. The Labute approximate surface area is 239 Å². The highest BCUT2D eigenvalue weighted by molar-refractivity contribution is 6.05. The Kier molecular flexibility index (Phi) is 8.99. The summed E-state index contributed by atoms with van der Waals surface area (Å²) in [5.41, 5.74) is 12.0. The summed E-state index contributed by atoms with van der Waals surface area (Å²) in [6.45, 7) is 9.29. The Balaban J connectivity index is 1.50. The molecule has 0 unspecified atom stereocenters. The molecule has 4 rings (SSSR count). The predicted octanol–water partition coefficient (Wildman–Crippen LogP) is 4.48. The summed E-state index contributed by atoms with van der Waals surface area (Å²) in [4.78, 5) is 43.5. The Morgan fingerprint density at radius 3 is 2.32 bits per heavy atom. The van der Waals surface area contributed by atoms with E-state index in [0.717, 1.165) is 27.9 Å². The van der Waals surface area contributed by atoms with Gasteiger partial charge in [-0.05, 0) is 59.4 Å². The van der Waals surface area contributed by atoms with Gasteiger partial charge in [0.1, 0.15) is 0 Å². The molecule has 2 amide bonds. The van der Waals surface area contributed by atoms with Gasteiger partial charge in [0.15, 0.2) is 0 Å². The van der Waals surface area contributed by atoms with Gasteiger partial charge in [-0.25, -0.2) is 4.98 Å². The van der Waals surface area contributed by atoms with Gasteiger partial charge in [0.25, 0.3) is 11.5 Å². The third kappa shape index (κ3) is 7.67. The molecule has 0 aliphatic carbocycles. The van der Waals surface area contributed by atoms with Crippen LogP contribution in [-0.4, -0.2) is 28.3 Å². The third-order valence-electron chi connectivity index (χ3n) is 6.77. The molecule has 9 nitrogen and oxygen atoms in total. The molecule has 0 saturated carbocycles. The number of rotatable bonds is 10. The maximum absolute atomic E-state index is 13.0. The Hall–Kier alpha value is -4.76. The fraction of sp³-hybridized carbons (Fsp3) is 0.250. The third-order valence-corrected chi connectivity index (χ3v) is 6.77. The number of nitrogens with two attached hydrogens (primary N) is 1. The number of aromatic nitrogens is 2. The van der Waals surface area contributed by atoms with Crippen LogP contribution in [0.25, 0.3) is 11.3 Å². The van der Waals surface area contributed by atoms with Gasteiger partial charge < -0.3 is 26.7 Å². The van der Waals surface area contributed by atoms with Gasteiger partial charge in [-0.2, -0.15) is 0 Å². The van der Waals surface area contributed by atoms with E-state index in [1.54, 1.807) is 0 Å². The van der Waals surface area contributed by atoms with Crippen molar-refractivity contribution in [3.63, 3.8) is 0 Å². The Morgan fingerprint density at radius 2 is 1.66 bits per heavy atom. The SMILES string of the molecule is Cc1c(NC(=O)c2ccc(C(C)(C)C)cc2)cccc1-c1ncc(=O)[nH]c1CNc1ccc(CNCC(N)=O)cc1. The number of anilines is 2. The molecule has 0 aliphatic rings. The average molecular weight is 553 g/mol. The number of aromatic amines is 1. The molecular weight excluding hydrogens is 516 g/mol. The number of hydrogen-bond donors (Lipinski definition) is 5. The summed E-state index contributed by atoms with van der Waals surface area (Å²) in [6.07, 6.45) is 1.26. The smallest absolute Gasteiger partial charge is 0.266 e. The van der Waals surface area contributed by atoms with Crippen molar-refractivity contribution in [2.24, 2.45) is 5.73 Å². The summed E-state index contributed by atoms with van der Waals surface area (Å²) in [6, 6.07) is 21.0. The van der Waals surface area contributed by atoms with Crippen molar-refractivity contribution in [1.29, 1.82) is 0 Å². The minimum atomic E-state index is -0.404. The lowest BCUT2D eigenvalue weighted by Crippen LogP contribution is -2.28. The van der Waals surface area contributed by atoms with Crippen LogP contribution in [0.3, 0.4) is 0 Å². The van der Waals surface area contributed by atoms with Gasteiger partial charge in [0.2, 0.25) is 5.91 Å². The molecule has 9 heteroatoms. The molecule has 0 saturated heterocycles. The van der Waals surface area contributed by atoms with Crippen molar-refractivity contribution < 1.29 is 9.59 Å². The first-order chi connectivity index (χ1) is 19.5. The molecular formula is C32H36N6O3. The van der Waals surface area contributed by atoms with Crippen LogP contribution in [0.4, 0.5) is 11.4 Å². The second kappa shape index (κ2) is 12.6. The number of benzene rings is 3. The normalized spacial score (nSPS) is 11.2. The van der Waals surface area contributed by atoms with E-state index in [9.17, 15) is 14.4 Å². The van der Waals surface area contributed by atoms with Crippen LogP contribution in [0.1, 0.15) is 53.5 Å². The number of H-pyrrole nitrogens is 1. The van der Waals surface area contributed by atoms with E-state index in [2.05, 4.69) is 46.7 Å². The van der Waals surface area contributed by atoms with Crippen molar-refractivity contribution in [2.45, 2.75) is 46.2 Å². The minimum Gasteiger partial charge on any atom is -0.379 e. The van der Waals surface area contributed by atoms with Crippen LogP contribution in [0.2, 0.25) is 0 Å². The van der Waals surface area contributed by atoms with Gasteiger partial charge in [0.05, 0.1) is 30.7 Å². The van der Waals surface area contributed by atoms with Gasteiger partial charge in [0, 0.05) is 29.0 Å². The zero-order chi connectivity index (χ0) is 29.6. The highest BCUT2D eigenvalue weighted by atomic mass is 16.2. The fourth-order valence-electron chi connectivity index (χ4n) is 4.41. The van der Waals surface area contributed by atoms with E-state index >= 15 is 0 Å². The molecule has 0 atom stereocenters. The molecule has 212 valence electrons. The molecule has 1 aromatic heterocycles. The zero-order valence-electron chi connectivity index (χ0n) is 23.8. The first kappa shape index (κ1) is 29.2. The summed E-state index contributed by atoms with van der Waals surface area (Å²) >= 11 is 0. The second-order valence-electron chi connectivity index (χ2n) is 11.0. The van der Waals surface area contributed by atoms with Crippen molar-refractivity contribution >= 4 is 23.2 Å². The summed E-state index contributed by atoms with van der Waals surface area (Å²) < 4.78 is 0. The molecule has 1 heterocycles. The minimum absolute atomic E-state index is 0.00418. The summed E-state index contributed by atoms with van der Waals surface area (Å²) in [7, 11) is 0. The van der Waals surface area contributed by atoms with Crippen LogP contribution in [-0.2, 0) is 23.3 Å². The predicted molar refractivity (Wildman–Crippen MR) is 163 cm³/mol. The van der Waals surface area contributed by atoms with Gasteiger partial charge in [-0.3, -0.25) is 14.4 Å². The number of carbonyl (C=O) groups is 2. The maximum atomic E-state index is 13.0. The number of amides is 2. The molecule has 0 radical (unpaired) electrons. The van der Waals surface area contributed by atoms with Crippen LogP contribution in [0, 0.1) is 6.92 Å². The van der Waals surface area contributed by atoms with Crippen molar-refractivity contribution in [3.8, 4) is 11.3 Å². The van der Waals surface area contributed by atoms with Crippen LogP contribution in [0.15, 0.2) is 77.7 Å². The van der Waals surface area contributed by atoms with Crippen molar-refractivity contribution in [2.75, 3.05) is 17.2 Å². The van der Waals surface area contributed by atoms with Crippen LogP contribution >= 0.6 is 0 Å². The number of primary amides is 1.